The van der Waals surface area contributed by atoms with Gasteiger partial charge in [-0.05, 0) is 74.8 Å². The Balaban J connectivity index is 1.57. The number of allylic oxidation sites excluding steroid dienone is 1. The molecule has 0 radical (unpaired) electrons. The van der Waals surface area contributed by atoms with Crippen LogP contribution in [-0.4, -0.2) is 107 Å². The van der Waals surface area contributed by atoms with Crippen molar-refractivity contribution in [2.24, 2.45) is 23.0 Å². The van der Waals surface area contributed by atoms with Crippen LogP contribution in [0, 0.1) is 17.3 Å². The molecule has 17 heteroatoms. The SMILES string of the molecule is CCOC(=O)/C=C/CC[C@H](NC(=O)c1ccccc1C(=O)O)C(=O)N[C@H](C(=O)N1CC(=O)C[C@H]1C(=O)N[C@H](C(=O)N[C@H](C(N)=O)C1CCCCC1)C1CCCCC1)C(C)(C)C. The van der Waals surface area contributed by atoms with Crippen molar-refractivity contribution in [3.8, 4) is 0 Å². The molecule has 1 aromatic rings. The van der Waals surface area contributed by atoms with Crippen LogP contribution >= 0.6 is 0 Å². The number of primary amides is 1. The van der Waals surface area contributed by atoms with Gasteiger partial charge in [0.2, 0.25) is 29.5 Å². The summed E-state index contributed by atoms with van der Waals surface area (Å²) < 4.78 is 4.90. The number of ether oxygens (including phenoxy) is 1. The normalized spacial score (nSPS) is 19.6. The number of ketones is 1. The molecule has 1 heterocycles. The number of nitrogens with one attached hydrogen (secondary N) is 4. The molecule has 1 aromatic carbocycles. The molecule has 5 atom stereocenters. The minimum Gasteiger partial charge on any atom is -0.478 e. The van der Waals surface area contributed by atoms with E-state index in [2.05, 4.69) is 21.3 Å². The molecule has 7 N–H and O–H groups in total. The Labute approximate surface area is 356 Å². The summed E-state index contributed by atoms with van der Waals surface area (Å²) in [6, 6.07) is -0.519. The van der Waals surface area contributed by atoms with Gasteiger partial charge in [0.05, 0.1) is 24.3 Å². The Hall–Kier alpha value is -5.61. The fourth-order valence-corrected chi connectivity index (χ4v) is 8.47. The standard InChI is InChI=1S/C44H62N6O11/c1-5-61-33(52)23-15-14-22-31(46-38(54)29-20-12-13-21-30(29)43(59)60)39(55)49-36(44(2,3)4)42(58)50-25-28(51)24-32(50)40(56)48-35(27-18-10-7-11-19-27)41(57)47-34(37(45)53)26-16-8-6-9-17-26/h12-13,15,20-21,23,26-27,31-32,34-36H,5-11,14,16-19,22,24-25H2,1-4H3,(H2,45,53)(H,46,54)(H,47,57)(H,48,56)(H,49,55)(H,59,60)/b23-15+/t31-,32-,34-,35-,36+/m0/s1. The molecule has 2 aliphatic carbocycles. The lowest BCUT2D eigenvalue weighted by atomic mass is 9.81. The Morgan fingerprint density at radius 1 is 0.836 bits per heavy atom. The number of carboxylic acids is 1. The number of nitrogens with two attached hydrogens (primary N) is 1. The number of benzene rings is 1. The number of Topliss-reactive ketones (excluding diaryl/α,β-unsaturated/α-hetero) is 1. The zero-order valence-electron chi connectivity index (χ0n) is 35.7. The maximum Gasteiger partial charge on any atom is 0.336 e. The molecule has 0 spiro atoms. The molecule has 61 heavy (non-hydrogen) atoms. The van der Waals surface area contributed by atoms with E-state index >= 15 is 0 Å². The highest BCUT2D eigenvalue weighted by molar-refractivity contribution is 6.06. The van der Waals surface area contributed by atoms with Crippen LogP contribution in [0.1, 0.15) is 132 Å². The highest BCUT2D eigenvalue weighted by Gasteiger charge is 2.46. The Kier molecular flexibility index (Phi) is 17.6. The number of carbonyl (C=O) groups is 9. The van der Waals surface area contributed by atoms with E-state index in [1.54, 1.807) is 27.7 Å². The van der Waals surface area contributed by atoms with Crippen LogP contribution in [0.3, 0.4) is 0 Å². The van der Waals surface area contributed by atoms with Gasteiger partial charge in [-0.25, -0.2) is 9.59 Å². The van der Waals surface area contributed by atoms with Crippen molar-refractivity contribution < 1.29 is 53.0 Å². The first-order chi connectivity index (χ1) is 28.9. The predicted molar refractivity (Wildman–Crippen MR) is 222 cm³/mol. The summed E-state index contributed by atoms with van der Waals surface area (Å²) in [6.45, 7) is 6.38. The van der Waals surface area contributed by atoms with Crippen molar-refractivity contribution in [1.29, 1.82) is 0 Å². The summed E-state index contributed by atoms with van der Waals surface area (Å²) >= 11 is 0. The molecule has 3 aliphatic rings. The largest absolute Gasteiger partial charge is 0.478 e. The first-order valence-electron chi connectivity index (χ1n) is 21.4. The van der Waals surface area contributed by atoms with Crippen molar-refractivity contribution in [2.45, 2.75) is 141 Å². The van der Waals surface area contributed by atoms with Gasteiger partial charge in [-0.15, -0.1) is 0 Å². The first kappa shape index (κ1) is 48.1. The lowest BCUT2D eigenvalue weighted by Gasteiger charge is -2.37. The van der Waals surface area contributed by atoms with Gasteiger partial charge in [-0.2, -0.15) is 0 Å². The molecule has 1 saturated heterocycles. The molecule has 0 unspecified atom stereocenters. The van der Waals surface area contributed by atoms with E-state index in [1.807, 2.05) is 0 Å². The van der Waals surface area contributed by atoms with Crippen molar-refractivity contribution in [3.05, 3.63) is 47.5 Å². The van der Waals surface area contributed by atoms with Crippen LogP contribution in [0.5, 0.6) is 0 Å². The molecule has 2 saturated carbocycles. The van der Waals surface area contributed by atoms with Crippen LogP contribution in [0.4, 0.5) is 0 Å². The van der Waals surface area contributed by atoms with E-state index in [1.165, 1.54) is 36.4 Å². The second kappa shape index (κ2) is 22.3. The number of rotatable bonds is 18. The first-order valence-corrected chi connectivity index (χ1v) is 21.4. The van der Waals surface area contributed by atoms with Crippen molar-refractivity contribution in [3.63, 3.8) is 0 Å². The minimum absolute atomic E-state index is 0.0804. The van der Waals surface area contributed by atoms with Crippen LogP contribution in [0.2, 0.25) is 0 Å². The third-order valence-electron chi connectivity index (χ3n) is 11.7. The molecule has 334 valence electrons. The van der Waals surface area contributed by atoms with Crippen LogP contribution in [0.15, 0.2) is 36.4 Å². The molecular formula is C44H62N6O11. The van der Waals surface area contributed by atoms with Gasteiger partial charge in [0.25, 0.3) is 5.91 Å². The van der Waals surface area contributed by atoms with E-state index in [-0.39, 0.29) is 48.8 Å². The fourth-order valence-electron chi connectivity index (χ4n) is 8.47. The van der Waals surface area contributed by atoms with Crippen LogP contribution < -0.4 is 27.0 Å². The number of esters is 1. The summed E-state index contributed by atoms with van der Waals surface area (Å²) in [7, 11) is 0. The molecule has 17 nitrogen and oxygen atoms in total. The van der Waals surface area contributed by atoms with Gasteiger partial charge < -0.3 is 41.7 Å². The maximum atomic E-state index is 14.5. The summed E-state index contributed by atoms with van der Waals surface area (Å²) in [5, 5.41) is 20.7. The lowest BCUT2D eigenvalue weighted by molar-refractivity contribution is -0.145. The summed E-state index contributed by atoms with van der Waals surface area (Å²) in [6.07, 6.45) is 10.5. The maximum absolute atomic E-state index is 14.5. The third kappa shape index (κ3) is 13.4. The van der Waals surface area contributed by atoms with Crippen LogP contribution in [0.25, 0.3) is 0 Å². The number of aromatic carboxylic acids is 1. The summed E-state index contributed by atoms with van der Waals surface area (Å²) in [5.41, 5.74) is 4.26. The quantitative estimate of drug-likeness (QED) is 0.0924. The van der Waals surface area contributed by atoms with E-state index in [4.69, 9.17) is 10.5 Å². The number of hydrogen-bond donors (Lipinski definition) is 6. The highest BCUT2D eigenvalue weighted by Crippen LogP contribution is 2.30. The molecule has 6 amide bonds. The number of carboxylic acid groups (broad SMARTS) is 1. The van der Waals surface area contributed by atoms with Gasteiger partial charge in [0, 0.05) is 12.5 Å². The Morgan fingerprint density at radius 3 is 1.98 bits per heavy atom. The number of nitrogens with zero attached hydrogens (tertiary/aromatic N) is 1. The monoisotopic (exact) mass is 850 g/mol. The van der Waals surface area contributed by atoms with Gasteiger partial charge >= 0.3 is 11.9 Å². The lowest BCUT2D eigenvalue weighted by Crippen LogP contribution is -2.62. The average Bonchev–Trinajstić information content (AvgIpc) is 3.63. The Bertz CT molecular complexity index is 1830. The number of hydrogen-bond acceptors (Lipinski definition) is 10. The number of likely N-dealkylation sites (tertiary alicyclic amines) is 1. The Morgan fingerprint density at radius 2 is 1.43 bits per heavy atom. The molecule has 0 bridgehead atoms. The average molecular weight is 851 g/mol. The minimum atomic E-state index is -1.36. The third-order valence-corrected chi connectivity index (χ3v) is 11.7. The van der Waals surface area contributed by atoms with Crippen molar-refractivity contribution in [2.75, 3.05) is 13.2 Å². The smallest absolute Gasteiger partial charge is 0.336 e. The molecule has 1 aliphatic heterocycles. The van der Waals surface area contributed by atoms with Gasteiger partial charge in [-0.3, -0.25) is 33.6 Å². The second-order valence-corrected chi connectivity index (χ2v) is 17.3. The second-order valence-electron chi connectivity index (χ2n) is 17.3. The van der Waals surface area contributed by atoms with Crippen molar-refractivity contribution in [1.82, 2.24) is 26.2 Å². The van der Waals surface area contributed by atoms with E-state index in [0.717, 1.165) is 56.3 Å². The molecular weight excluding hydrogens is 789 g/mol. The number of carbonyl (C=O) groups excluding carboxylic acids is 8. The highest BCUT2D eigenvalue weighted by atomic mass is 16.5. The van der Waals surface area contributed by atoms with Crippen molar-refractivity contribution >= 4 is 53.2 Å². The van der Waals surface area contributed by atoms with E-state index in [9.17, 15) is 48.3 Å². The number of amides is 6. The van der Waals surface area contributed by atoms with Gasteiger partial charge in [0.15, 0.2) is 5.78 Å². The predicted octanol–water partition coefficient (Wildman–Crippen LogP) is 2.70. The van der Waals surface area contributed by atoms with E-state index in [0.29, 0.717) is 12.8 Å². The fraction of sp³-hybridized carbons (Fsp3) is 0.614. The molecule has 0 aromatic heterocycles. The summed E-state index contributed by atoms with van der Waals surface area (Å²) in [5.74, 6) is -7.14. The summed E-state index contributed by atoms with van der Waals surface area (Å²) in [4.78, 5) is 121. The topological polar surface area (TPSA) is 260 Å². The molecule has 3 fully saturated rings. The van der Waals surface area contributed by atoms with Crippen LogP contribution in [-0.2, 0) is 38.3 Å². The zero-order chi connectivity index (χ0) is 44.9. The zero-order valence-corrected chi connectivity index (χ0v) is 35.7. The molecule has 4 rings (SSSR count). The van der Waals surface area contributed by atoms with Gasteiger partial charge in [-0.1, -0.05) is 77.5 Å². The van der Waals surface area contributed by atoms with E-state index < -0.39 is 95.3 Å². The van der Waals surface area contributed by atoms with Gasteiger partial charge in [0.1, 0.15) is 30.2 Å².